The van der Waals surface area contributed by atoms with Crippen LogP contribution in [0.4, 0.5) is 5.82 Å². The SMILES string of the molecule is CC(C)CNCc1cnc(N2CCSCC2C)c(Cl)c1. The third-order valence-corrected chi connectivity index (χ3v) is 4.87. The minimum absolute atomic E-state index is 0.503. The summed E-state index contributed by atoms with van der Waals surface area (Å²) in [5.41, 5.74) is 1.15. The average Bonchev–Trinajstić information content (AvgIpc) is 2.40. The van der Waals surface area contributed by atoms with Gasteiger partial charge in [0.1, 0.15) is 5.82 Å². The first kappa shape index (κ1) is 15.9. The number of aromatic nitrogens is 1. The molecule has 0 saturated carbocycles. The minimum atomic E-state index is 0.503. The maximum atomic E-state index is 6.43. The molecule has 0 aromatic carbocycles. The van der Waals surface area contributed by atoms with Crippen LogP contribution in [0.15, 0.2) is 12.3 Å². The molecule has 0 amide bonds. The third kappa shape index (κ3) is 4.27. The molecule has 1 N–H and O–H groups in total. The van der Waals surface area contributed by atoms with Crippen molar-refractivity contribution in [1.29, 1.82) is 0 Å². The highest BCUT2D eigenvalue weighted by molar-refractivity contribution is 7.99. The van der Waals surface area contributed by atoms with Crippen LogP contribution in [-0.4, -0.2) is 35.6 Å². The van der Waals surface area contributed by atoms with Crippen LogP contribution in [0.2, 0.25) is 5.02 Å². The Hall–Kier alpha value is -0.450. The second-order valence-corrected chi connectivity index (χ2v) is 7.35. The quantitative estimate of drug-likeness (QED) is 0.901. The van der Waals surface area contributed by atoms with E-state index < -0.39 is 0 Å². The number of halogens is 1. The van der Waals surface area contributed by atoms with Gasteiger partial charge in [-0.25, -0.2) is 4.98 Å². The summed E-state index contributed by atoms with van der Waals surface area (Å²) in [6.45, 7) is 9.52. The van der Waals surface area contributed by atoms with Gasteiger partial charge in [0.2, 0.25) is 0 Å². The van der Waals surface area contributed by atoms with Gasteiger partial charge in [0, 0.05) is 36.8 Å². The molecule has 1 aliphatic heterocycles. The predicted octanol–water partition coefficient (Wildman–Crippen LogP) is 3.42. The minimum Gasteiger partial charge on any atom is -0.351 e. The molecule has 2 heterocycles. The van der Waals surface area contributed by atoms with Gasteiger partial charge in [0.25, 0.3) is 0 Å². The highest BCUT2D eigenvalue weighted by Crippen LogP contribution is 2.29. The molecular weight excluding hydrogens is 290 g/mol. The maximum Gasteiger partial charge on any atom is 0.147 e. The zero-order valence-corrected chi connectivity index (χ0v) is 14.1. The molecule has 1 fully saturated rings. The topological polar surface area (TPSA) is 28.2 Å². The standard InChI is InChI=1S/C15H24ClN3S/c1-11(2)7-17-8-13-6-14(16)15(18-9-13)19-4-5-20-10-12(19)3/h6,9,11-12,17H,4-5,7-8,10H2,1-3H3. The van der Waals surface area contributed by atoms with E-state index in [-0.39, 0.29) is 0 Å². The Morgan fingerprint density at radius 2 is 2.35 bits per heavy atom. The Bertz CT molecular complexity index is 439. The van der Waals surface area contributed by atoms with Crippen molar-refractivity contribution >= 4 is 29.2 Å². The fraction of sp³-hybridized carbons (Fsp3) is 0.667. The van der Waals surface area contributed by atoms with E-state index in [4.69, 9.17) is 11.6 Å². The molecule has 5 heteroatoms. The summed E-state index contributed by atoms with van der Waals surface area (Å²) in [5.74, 6) is 3.90. The van der Waals surface area contributed by atoms with Gasteiger partial charge in [-0.1, -0.05) is 25.4 Å². The summed E-state index contributed by atoms with van der Waals surface area (Å²) in [6.07, 6.45) is 1.95. The number of hydrogen-bond acceptors (Lipinski definition) is 4. The molecule has 1 atom stereocenters. The van der Waals surface area contributed by atoms with Crippen LogP contribution in [0.25, 0.3) is 0 Å². The lowest BCUT2D eigenvalue weighted by molar-refractivity contribution is 0.552. The van der Waals surface area contributed by atoms with Crippen molar-refractivity contribution < 1.29 is 0 Å². The van der Waals surface area contributed by atoms with Gasteiger partial charge in [0.05, 0.1) is 5.02 Å². The van der Waals surface area contributed by atoms with E-state index in [9.17, 15) is 0 Å². The number of pyridine rings is 1. The molecule has 112 valence electrons. The smallest absolute Gasteiger partial charge is 0.147 e. The van der Waals surface area contributed by atoms with Gasteiger partial charge in [-0.3, -0.25) is 0 Å². The molecule has 0 spiro atoms. The van der Waals surface area contributed by atoms with E-state index in [1.165, 1.54) is 0 Å². The second kappa shape index (κ2) is 7.53. The zero-order chi connectivity index (χ0) is 14.5. The summed E-state index contributed by atoms with van der Waals surface area (Å²) in [7, 11) is 0. The van der Waals surface area contributed by atoms with Crippen molar-refractivity contribution in [3.05, 3.63) is 22.8 Å². The average molecular weight is 314 g/mol. The van der Waals surface area contributed by atoms with Crippen molar-refractivity contribution in [1.82, 2.24) is 10.3 Å². The van der Waals surface area contributed by atoms with Crippen molar-refractivity contribution in [2.24, 2.45) is 5.92 Å². The molecule has 0 bridgehead atoms. The number of hydrogen-bond donors (Lipinski definition) is 1. The summed E-state index contributed by atoms with van der Waals surface area (Å²) in [6, 6.07) is 2.55. The number of anilines is 1. The lowest BCUT2D eigenvalue weighted by atomic mass is 10.2. The molecule has 1 aliphatic rings. The summed E-state index contributed by atoms with van der Waals surface area (Å²) < 4.78 is 0. The largest absolute Gasteiger partial charge is 0.351 e. The Labute approximate surface area is 131 Å². The molecule has 0 aliphatic carbocycles. The lowest BCUT2D eigenvalue weighted by Crippen LogP contribution is -2.41. The third-order valence-electron chi connectivity index (χ3n) is 3.40. The highest BCUT2D eigenvalue weighted by Gasteiger charge is 2.22. The fourth-order valence-electron chi connectivity index (χ4n) is 2.33. The first-order chi connectivity index (χ1) is 9.58. The number of rotatable bonds is 5. The van der Waals surface area contributed by atoms with E-state index in [0.717, 1.165) is 47.5 Å². The highest BCUT2D eigenvalue weighted by atomic mass is 35.5. The van der Waals surface area contributed by atoms with Gasteiger partial charge in [-0.15, -0.1) is 0 Å². The van der Waals surface area contributed by atoms with E-state index in [2.05, 4.69) is 36.0 Å². The molecule has 2 rings (SSSR count). The predicted molar refractivity (Wildman–Crippen MR) is 89.9 cm³/mol. The van der Waals surface area contributed by atoms with Crippen LogP contribution in [0.1, 0.15) is 26.3 Å². The first-order valence-corrected chi connectivity index (χ1v) is 8.80. The molecule has 1 unspecified atom stereocenters. The van der Waals surface area contributed by atoms with Crippen molar-refractivity contribution in [2.75, 3.05) is 29.5 Å². The molecular formula is C15H24ClN3S. The van der Waals surface area contributed by atoms with E-state index in [1.54, 1.807) is 0 Å². The van der Waals surface area contributed by atoms with Crippen LogP contribution in [-0.2, 0) is 6.54 Å². The van der Waals surface area contributed by atoms with Crippen LogP contribution < -0.4 is 10.2 Å². The molecule has 1 saturated heterocycles. The van der Waals surface area contributed by atoms with Crippen molar-refractivity contribution in [2.45, 2.75) is 33.4 Å². The zero-order valence-electron chi connectivity index (χ0n) is 12.5. The molecule has 20 heavy (non-hydrogen) atoms. The Morgan fingerprint density at radius 1 is 1.55 bits per heavy atom. The second-order valence-electron chi connectivity index (χ2n) is 5.79. The molecule has 0 radical (unpaired) electrons. The van der Waals surface area contributed by atoms with Crippen LogP contribution in [0.5, 0.6) is 0 Å². The van der Waals surface area contributed by atoms with Crippen LogP contribution in [0.3, 0.4) is 0 Å². The van der Waals surface area contributed by atoms with E-state index >= 15 is 0 Å². The Morgan fingerprint density at radius 3 is 3.00 bits per heavy atom. The molecule has 3 nitrogen and oxygen atoms in total. The summed E-state index contributed by atoms with van der Waals surface area (Å²) >= 11 is 8.43. The summed E-state index contributed by atoms with van der Waals surface area (Å²) in [4.78, 5) is 6.92. The number of nitrogens with one attached hydrogen (secondary N) is 1. The van der Waals surface area contributed by atoms with Crippen LogP contribution in [0, 0.1) is 5.92 Å². The molecule has 1 aromatic heterocycles. The number of nitrogens with zero attached hydrogens (tertiary/aromatic N) is 2. The van der Waals surface area contributed by atoms with Gasteiger partial charge in [0.15, 0.2) is 0 Å². The van der Waals surface area contributed by atoms with E-state index in [0.29, 0.717) is 12.0 Å². The monoisotopic (exact) mass is 313 g/mol. The van der Waals surface area contributed by atoms with Gasteiger partial charge in [-0.2, -0.15) is 11.8 Å². The van der Waals surface area contributed by atoms with Crippen LogP contribution >= 0.6 is 23.4 Å². The van der Waals surface area contributed by atoms with Gasteiger partial charge in [-0.05, 0) is 31.0 Å². The van der Waals surface area contributed by atoms with E-state index in [1.807, 2.05) is 24.0 Å². The first-order valence-electron chi connectivity index (χ1n) is 7.27. The Balaban J connectivity index is 2.01. The van der Waals surface area contributed by atoms with Crippen molar-refractivity contribution in [3.63, 3.8) is 0 Å². The molecule has 1 aromatic rings. The normalized spacial score (nSPS) is 19.6. The van der Waals surface area contributed by atoms with Crippen molar-refractivity contribution in [3.8, 4) is 0 Å². The van der Waals surface area contributed by atoms with Gasteiger partial charge >= 0.3 is 0 Å². The number of thioether (sulfide) groups is 1. The lowest BCUT2D eigenvalue weighted by Gasteiger charge is -2.34. The fourth-order valence-corrected chi connectivity index (χ4v) is 3.64. The Kier molecular flexibility index (Phi) is 6.00. The maximum absolute atomic E-state index is 6.43. The van der Waals surface area contributed by atoms with Gasteiger partial charge < -0.3 is 10.2 Å². The summed E-state index contributed by atoms with van der Waals surface area (Å²) in [5, 5.41) is 4.19.